The van der Waals surface area contributed by atoms with E-state index in [-0.39, 0.29) is 0 Å². The smallest absolute Gasteiger partial charge is 0.126 e. The lowest BCUT2D eigenvalue weighted by Gasteiger charge is -2.23. The molecule has 100 valence electrons. The molecule has 1 saturated heterocycles. The maximum Gasteiger partial charge on any atom is 0.126 e. The van der Waals surface area contributed by atoms with E-state index in [9.17, 15) is 0 Å². The maximum atomic E-state index is 5.74. The van der Waals surface area contributed by atoms with Gasteiger partial charge in [0.15, 0.2) is 0 Å². The molecule has 2 nitrogen and oxygen atoms in total. The molecular formula is C15H22BrNO. The second kappa shape index (κ2) is 5.62. The van der Waals surface area contributed by atoms with E-state index in [1.165, 1.54) is 27.6 Å². The summed E-state index contributed by atoms with van der Waals surface area (Å²) >= 11 is 3.70. The minimum atomic E-state index is 0.477. The van der Waals surface area contributed by atoms with Crippen molar-refractivity contribution in [1.82, 2.24) is 5.32 Å². The molecule has 1 aromatic carbocycles. The van der Waals surface area contributed by atoms with Gasteiger partial charge in [0.05, 0.1) is 7.11 Å². The highest BCUT2D eigenvalue weighted by Crippen LogP contribution is 2.42. The van der Waals surface area contributed by atoms with Gasteiger partial charge in [0.25, 0.3) is 0 Å². The van der Waals surface area contributed by atoms with Gasteiger partial charge in [-0.15, -0.1) is 0 Å². The van der Waals surface area contributed by atoms with E-state index < -0.39 is 0 Å². The molecule has 1 atom stereocenters. The van der Waals surface area contributed by atoms with Gasteiger partial charge >= 0.3 is 0 Å². The molecule has 1 unspecified atom stereocenters. The van der Waals surface area contributed by atoms with Crippen LogP contribution in [0, 0.1) is 6.92 Å². The van der Waals surface area contributed by atoms with Crippen LogP contribution in [0.2, 0.25) is 0 Å². The van der Waals surface area contributed by atoms with E-state index in [2.05, 4.69) is 48.1 Å². The van der Waals surface area contributed by atoms with Crippen LogP contribution in [0.15, 0.2) is 10.5 Å². The summed E-state index contributed by atoms with van der Waals surface area (Å²) in [5.74, 6) is 2.15. The number of benzene rings is 1. The van der Waals surface area contributed by atoms with Crippen LogP contribution >= 0.6 is 15.9 Å². The predicted molar refractivity (Wildman–Crippen MR) is 79.7 cm³/mol. The molecule has 1 fully saturated rings. The largest absolute Gasteiger partial charge is 0.496 e. The molecule has 0 radical (unpaired) electrons. The molecule has 0 amide bonds. The third-order valence-corrected chi connectivity index (χ3v) is 4.67. The Morgan fingerprint density at radius 2 is 2.17 bits per heavy atom. The number of halogens is 1. The van der Waals surface area contributed by atoms with Crippen molar-refractivity contribution >= 4 is 15.9 Å². The van der Waals surface area contributed by atoms with Crippen LogP contribution in [0.3, 0.4) is 0 Å². The van der Waals surface area contributed by atoms with E-state index in [1.54, 1.807) is 7.11 Å². The third kappa shape index (κ3) is 2.43. The lowest BCUT2D eigenvalue weighted by atomic mass is 9.88. The second-order valence-electron chi connectivity index (χ2n) is 5.36. The Labute approximate surface area is 118 Å². The lowest BCUT2D eigenvalue weighted by Crippen LogP contribution is -2.11. The highest BCUT2D eigenvalue weighted by molar-refractivity contribution is 9.10. The van der Waals surface area contributed by atoms with Gasteiger partial charge in [0, 0.05) is 22.5 Å². The maximum absolute atomic E-state index is 5.74. The predicted octanol–water partition coefficient (Wildman–Crippen LogP) is 3.97. The quantitative estimate of drug-likeness (QED) is 0.912. The highest BCUT2D eigenvalue weighted by atomic mass is 79.9. The van der Waals surface area contributed by atoms with Crippen LogP contribution < -0.4 is 10.1 Å². The Hall–Kier alpha value is -0.540. The Morgan fingerprint density at radius 3 is 2.67 bits per heavy atom. The van der Waals surface area contributed by atoms with Gasteiger partial charge in [-0.05, 0) is 43.0 Å². The molecule has 0 aromatic heterocycles. The van der Waals surface area contributed by atoms with Crippen molar-refractivity contribution in [1.29, 1.82) is 0 Å². The van der Waals surface area contributed by atoms with Gasteiger partial charge < -0.3 is 10.1 Å². The van der Waals surface area contributed by atoms with Crippen molar-refractivity contribution in [2.45, 2.75) is 39.0 Å². The van der Waals surface area contributed by atoms with Crippen molar-refractivity contribution in [3.05, 3.63) is 27.2 Å². The van der Waals surface area contributed by atoms with Gasteiger partial charge in [0.2, 0.25) is 0 Å². The van der Waals surface area contributed by atoms with Gasteiger partial charge in [-0.3, -0.25) is 0 Å². The number of rotatable bonds is 3. The molecule has 18 heavy (non-hydrogen) atoms. The molecule has 2 rings (SSSR count). The Bertz CT molecular complexity index is 437. The fourth-order valence-electron chi connectivity index (χ4n) is 2.81. The normalized spacial score (nSPS) is 19.6. The molecule has 1 aromatic rings. The van der Waals surface area contributed by atoms with Gasteiger partial charge in [-0.2, -0.15) is 0 Å². The Balaban J connectivity index is 2.59. The summed E-state index contributed by atoms with van der Waals surface area (Å²) in [6, 6.07) is 2.21. The zero-order valence-electron chi connectivity index (χ0n) is 11.6. The summed E-state index contributed by atoms with van der Waals surface area (Å²) in [5, 5.41) is 3.45. The van der Waals surface area contributed by atoms with Gasteiger partial charge in [-0.1, -0.05) is 29.8 Å². The van der Waals surface area contributed by atoms with Crippen LogP contribution in [0.25, 0.3) is 0 Å². The van der Waals surface area contributed by atoms with Crippen molar-refractivity contribution < 1.29 is 4.74 Å². The number of ether oxygens (including phenoxy) is 1. The van der Waals surface area contributed by atoms with Crippen LogP contribution in [0.4, 0.5) is 0 Å². The molecule has 1 aliphatic rings. The molecule has 0 spiro atoms. The second-order valence-corrected chi connectivity index (χ2v) is 6.22. The van der Waals surface area contributed by atoms with Crippen molar-refractivity contribution in [2.24, 2.45) is 0 Å². The zero-order chi connectivity index (χ0) is 13.3. The van der Waals surface area contributed by atoms with Crippen LogP contribution in [-0.4, -0.2) is 20.2 Å². The Morgan fingerprint density at radius 1 is 1.44 bits per heavy atom. The number of hydrogen-bond donors (Lipinski definition) is 1. The summed E-state index contributed by atoms with van der Waals surface area (Å²) in [6.45, 7) is 8.79. The number of methoxy groups -OCH3 is 1. The summed E-state index contributed by atoms with van der Waals surface area (Å²) < 4.78 is 6.94. The lowest BCUT2D eigenvalue weighted by molar-refractivity contribution is 0.398. The molecule has 0 bridgehead atoms. The zero-order valence-corrected chi connectivity index (χ0v) is 13.2. The van der Waals surface area contributed by atoms with Crippen LogP contribution in [0.1, 0.15) is 48.8 Å². The minimum Gasteiger partial charge on any atom is -0.496 e. The van der Waals surface area contributed by atoms with E-state index >= 15 is 0 Å². The van der Waals surface area contributed by atoms with E-state index in [0.717, 1.165) is 18.8 Å². The fourth-order valence-corrected chi connectivity index (χ4v) is 3.27. The average molecular weight is 312 g/mol. The summed E-state index contributed by atoms with van der Waals surface area (Å²) in [6.07, 6.45) is 1.20. The topological polar surface area (TPSA) is 21.3 Å². The van der Waals surface area contributed by atoms with Crippen LogP contribution in [0.5, 0.6) is 5.75 Å². The number of nitrogens with one attached hydrogen (secondary N) is 1. The van der Waals surface area contributed by atoms with Crippen LogP contribution in [-0.2, 0) is 0 Å². The first-order valence-electron chi connectivity index (χ1n) is 6.63. The minimum absolute atomic E-state index is 0.477. The Kier molecular flexibility index (Phi) is 4.33. The summed E-state index contributed by atoms with van der Waals surface area (Å²) in [7, 11) is 1.79. The first kappa shape index (κ1) is 13.9. The third-order valence-electron chi connectivity index (χ3n) is 3.85. The van der Waals surface area contributed by atoms with Gasteiger partial charge in [-0.25, -0.2) is 0 Å². The monoisotopic (exact) mass is 311 g/mol. The first-order valence-corrected chi connectivity index (χ1v) is 7.43. The SMILES string of the molecule is COc1c(C(C)C)cc(Br)c(C)c1C1CCNC1. The van der Waals surface area contributed by atoms with Gasteiger partial charge in [0.1, 0.15) is 5.75 Å². The molecule has 0 aliphatic carbocycles. The highest BCUT2D eigenvalue weighted by Gasteiger charge is 2.26. The fraction of sp³-hybridized carbons (Fsp3) is 0.600. The molecule has 0 saturated carbocycles. The standard InChI is InChI=1S/C15H22BrNO/c1-9(2)12-7-13(16)10(3)14(15(12)18-4)11-5-6-17-8-11/h7,9,11,17H,5-6,8H2,1-4H3. The van der Waals surface area contributed by atoms with E-state index in [0.29, 0.717) is 11.8 Å². The first-order chi connectivity index (χ1) is 8.56. The molecular weight excluding hydrogens is 290 g/mol. The van der Waals surface area contributed by atoms with E-state index in [1.807, 2.05) is 0 Å². The number of hydrogen-bond acceptors (Lipinski definition) is 2. The summed E-state index contributed by atoms with van der Waals surface area (Å²) in [5.41, 5.74) is 4.02. The summed E-state index contributed by atoms with van der Waals surface area (Å²) in [4.78, 5) is 0. The van der Waals surface area contributed by atoms with Crippen molar-refractivity contribution in [2.75, 3.05) is 20.2 Å². The molecule has 1 aliphatic heterocycles. The average Bonchev–Trinajstić information content (AvgIpc) is 2.84. The molecule has 3 heteroatoms. The van der Waals surface area contributed by atoms with E-state index in [4.69, 9.17) is 4.74 Å². The molecule has 1 N–H and O–H groups in total. The molecule has 1 heterocycles. The van der Waals surface area contributed by atoms with Crippen molar-refractivity contribution in [3.63, 3.8) is 0 Å². The van der Waals surface area contributed by atoms with Crippen molar-refractivity contribution in [3.8, 4) is 5.75 Å².